The Balaban J connectivity index is 0.000000158. The second-order valence-electron chi connectivity index (χ2n) is 24.4. The Hall–Kier alpha value is -9.45. The molecule has 0 aromatic carbocycles. The van der Waals surface area contributed by atoms with Crippen molar-refractivity contribution in [3.8, 4) is 35.5 Å². The van der Waals surface area contributed by atoms with E-state index in [4.69, 9.17) is 14.2 Å². The fourth-order valence-electron chi connectivity index (χ4n) is 11.3. The van der Waals surface area contributed by atoms with Gasteiger partial charge in [-0.1, -0.05) is 0 Å². The molecule has 9 heterocycles. The van der Waals surface area contributed by atoms with E-state index in [0.29, 0.717) is 99.9 Å². The number of aromatic nitrogens is 12. The fourth-order valence-corrected chi connectivity index (χ4v) is 11.3. The third kappa shape index (κ3) is 18.2. The first-order valence-electron chi connectivity index (χ1n) is 31.3. The van der Waals surface area contributed by atoms with Crippen LogP contribution in [0.15, 0.2) is 36.8 Å². The van der Waals surface area contributed by atoms with Crippen LogP contribution in [0.5, 0.6) is 17.6 Å². The van der Waals surface area contributed by atoms with Gasteiger partial charge >= 0.3 is 18.3 Å². The zero-order valence-electron chi connectivity index (χ0n) is 53.8. The predicted molar refractivity (Wildman–Crippen MR) is 326 cm³/mol. The largest absolute Gasteiger partial charge is 0.470 e. The average molecular weight is 1380 g/mol. The number of nitrogens with zero attached hydrogens (tertiary/aromatic N) is 15. The molecule has 37 heteroatoms. The number of hydrogen-bond acceptors (Lipinski definition) is 23. The maximum atomic E-state index is 13.5. The van der Waals surface area contributed by atoms with Gasteiger partial charge in [-0.3, -0.25) is 4.79 Å². The van der Waals surface area contributed by atoms with Gasteiger partial charge in [0.15, 0.2) is 6.29 Å². The monoisotopic (exact) mass is 1370 g/mol. The number of aliphatic hydroxyl groups is 1. The Morgan fingerprint density at radius 3 is 1.12 bits per heavy atom. The average Bonchev–Trinajstić information content (AvgIpc) is 1.69. The highest BCUT2D eigenvalue weighted by molar-refractivity contribution is 5.74. The van der Waals surface area contributed by atoms with Gasteiger partial charge in [0.2, 0.25) is 35.4 Å². The van der Waals surface area contributed by atoms with Gasteiger partial charge in [-0.2, -0.15) is 45.2 Å². The number of carbonyl (C=O) groups excluding carboxylic acids is 4. The highest BCUT2D eigenvalue weighted by atomic mass is 19.3. The number of aliphatic hydroxyl groups excluding tert-OH is 1. The van der Waals surface area contributed by atoms with Crippen LogP contribution >= 0.6 is 0 Å². The van der Waals surface area contributed by atoms with Gasteiger partial charge in [-0.05, 0) is 76.0 Å². The first kappa shape index (κ1) is 70.4. The molecule has 0 spiro atoms. The lowest BCUT2D eigenvalue weighted by molar-refractivity contribution is -0.0366. The molecular formula is C60H74F8N18O11. The maximum absolute atomic E-state index is 13.5. The predicted octanol–water partition coefficient (Wildman–Crippen LogP) is 8.61. The van der Waals surface area contributed by atoms with Crippen molar-refractivity contribution in [3.63, 3.8) is 0 Å². The number of hydrogen-bond donors (Lipinski definition) is 4. The lowest BCUT2D eigenvalue weighted by atomic mass is 9.92. The van der Waals surface area contributed by atoms with Crippen LogP contribution in [-0.4, -0.2) is 218 Å². The van der Waals surface area contributed by atoms with E-state index in [1.54, 1.807) is 31.5 Å². The maximum Gasteiger partial charge on any atom is 0.409 e. The van der Waals surface area contributed by atoms with Crippen LogP contribution in [0.2, 0.25) is 0 Å². The summed E-state index contributed by atoms with van der Waals surface area (Å²) in [7, 11) is 3.91. The molecule has 4 N–H and O–H groups in total. The van der Waals surface area contributed by atoms with Crippen LogP contribution in [0.4, 0.5) is 67.0 Å². The molecule has 3 saturated heterocycles. The third-order valence-corrected chi connectivity index (χ3v) is 16.9. The molecule has 29 nitrogen and oxygen atoms in total. The number of aldehydes is 1. The van der Waals surface area contributed by atoms with Crippen molar-refractivity contribution in [2.45, 2.75) is 165 Å². The molecule has 0 unspecified atom stereocenters. The van der Waals surface area contributed by atoms with Crippen molar-refractivity contribution < 1.29 is 87.8 Å². The van der Waals surface area contributed by atoms with Gasteiger partial charge in [-0.15, -0.1) is 0 Å². The lowest BCUT2D eigenvalue weighted by Gasteiger charge is -2.37. The molecule has 6 fully saturated rings. The molecule has 6 aromatic heterocycles. The SMILES string of the molecule is COC(=O)N1CC(Oc2cc(NC3CCC(F)(F)CC3)nc(-n3cc(C)c(C(F)F)n3)n2)C1.COC(=O)N1CC(Oc2cc(NC3CCC(F)(F)CC3)nc(-n3cc(C)c(C=O)n3)n2)C1.COC(=O)N1CC(Oc2cc(NC3CCC(F)(F)CC3)nc(-n3cc(C)c(CO)n3)n2)C1. The molecule has 0 atom stereocenters. The van der Waals surface area contributed by atoms with E-state index in [2.05, 4.69) is 75.4 Å². The zero-order valence-corrected chi connectivity index (χ0v) is 53.8. The van der Waals surface area contributed by atoms with Gasteiger partial charge in [0.05, 0.1) is 72.9 Å². The molecule has 3 saturated carbocycles. The van der Waals surface area contributed by atoms with Crippen molar-refractivity contribution in [2.24, 2.45) is 0 Å². The summed E-state index contributed by atoms with van der Waals surface area (Å²) >= 11 is 0. The summed E-state index contributed by atoms with van der Waals surface area (Å²) in [5, 5.41) is 31.3. The van der Waals surface area contributed by atoms with Gasteiger partial charge in [0, 0.05) is 93.4 Å². The number of nitrogens with one attached hydrogen (secondary N) is 3. The molecule has 97 heavy (non-hydrogen) atoms. The molecular weight excluding hydrogens is 1300 g/mol. The minimum Gasteiger partial charge on any atom is -0.470 e. The van der Waals surface area contributed by atoms with Gasteiger partial charge in [-0.25, -0.2) is 63.6 Å². The molecule has 6 aliphatic rings. The Morgan fingerprint density at radius 2 is 0.835 bits per heavy atom. The number of halogens is 8. The number of alkyl halides is 8. The van der Waals surface area contributed by atoms with E-state index in [-0.39, 0.29) is 147 Å². The van der Waals surface area contributed by atoms with E-state index >= 15 is 0 Å². The second-order valence-corrected chi connectivity index (χ2v) is 24.4. The van der Waals surface area contributed by atoms with Crippen LogP contribution < -0.4 is 30.2 Å². The number of amides is 3. The molecule has 12 rings (SSSR count). The fraction of sp³-hybridized carbons (Fsp3) is 0.583. The van der Waals surface area contributed by atoms with Crippen LogP contribution in [0.25, 0.3) is 17.8 Å². The number of likely N-dealkylation sites (tertiary alicyclic amines) is 3. The van der Waals surface area contributed by atoms with Gasteiger partial charge < -0.3 is 64.2 Å². The van der Waals surface area contributed by atoms with Crippen molar-refractivity contribution in [1.29, 1.82) is 0 Å². The molecule has 0 radical (unpaired) electrons. The van der Waals surface area contributed by atoms with Gasteiger partial charge in [0.1, 0.15) is 47.2 Å². The summed E-state index contributed by atoms with van der Waals surface area (Å²) in [6.07, 6.45) is 1.02. The quantitative estimate of drug-likeness (QED) is 0.0355. The highest BCUT2D eigenvalue weighted by Gasteiger charge is 2.40. The van der Waals surface area contributed by atoms with E-state index in [0.717, 1.165) is 10.2 Å². The van der Waals surface area contributed by atoms with E-state index in [9.17, 15) is 59.4 Å². The summed E-state index contributed by atoms with van der Waals surface area (Å²) in [4.78, 5) is 76.5. The number of aryl methyl sites for hydroxylation is 3. The summed E-state index contributed by atoms with van der Waals surface area (Å²) in [5.41, 5.74) is 2.08. The first-order chi connectivity index (χ1) is 46.1. The van der Waals surface area contributed by atoms with Gasteiger partial charge in [0.25, 0.3) is 24.3 Å². The van der Waals surface area contributed by atoms with Crippen LogP contribution in [0.3, 0.4) is 0 Å². The van der Waals surface area contributed by atoms with Crippen molar-refractivity contribution in [3.05, 3.63) is 70.6 Å². The number of ether oxygens (including phenoxy) is 6. The zero-order chi connectivity index (χ0) is 69.5. The number of carbonyl (C=O) groups is 4. The third-order valence-electron chi connectivity index (χ3n) is 16.9. The molecule has 3 aliphatic heterocycles. The smallest absolute Gasteiger partial charge is 0.409 e. The first-order valence-corrected chi connectivity index (χ1v) is 31.3. The molecule has 3 aliphatic carbocycles. The van der Waals surface area contributed by atoms with Crippen molar-refractivity contribution in [1.82, 2.24) is 73.9 Å². The summed E-state index contributed by atoms with van der Waals surface area (Å²) in [5.74, 6) is -5.72. The number of methoxy groups -OCH3 is 3. The Morgan fingerprint density at radius 1 is 0.515 bits per heavy atom. The Kier molecular flexibility index (Phi) is 21.7. The number of anilines is 3. The van der Waals surface area contributed by atoms with E-state index in [1.165, 1.54) is 64.6 Å². The van der Waals surface area contributed by atoms with Crippen molar-refractivity contribution in [2.75, 3.05) is 76.5 Å². The Labute approximate surface area is 549 Å². The minimum atomic E-state index is -2.76. The standard InChI is InChI=1S/C20H24F4N6O3.C20H26F2N6O4.C20H24F2N6O4/c1-11-8-30(28-16(11)17(21)22)18-26-14(25-12-3-5-20(23,24)6-4-12)7-15(27-18)33-13-9-29(10-13)19(31)32-2;2*1-12-8-28(26-15(12)11-29)18-24-16(23-13-3-5-20(21,22)6-4-13)7-17(25-18)32-14-9-27(10-14)19(30)31-2/h7-8,12-13,17H,3-6,9-10H2,1-2H3,(H,25,26,27);7-8,13-14,29H,3-6,9-11H2,1-2H3,(H,23,24,25);7-8,11,13-14H,3-6,9-10H2,1-2H3,(H,23,24,25). The van der Waals surface area contributed by atoms with Crippen molar-refractivity contribution >= 4 is 42.0 Å². The summed E-state index contributed by atoms with van der Waals surface area (Å²) in [6.45, 7) is 6.85. The second kappa shape index (κ2) is 29.9. The number of rotatable bonds is 18. The highest BCUT2D eigenvalue weighted by Crippen LogP contribution is 2.38. The summed E-state index contributed by atoms with van der Waals surface area (Å²) in [6, 6.07) is 4.19. The van der Waals surface area contributed by atoms with E-state index in [1.807, 2.05) is 6.92 Å². The van der Waals surface area contributed by atoms with E-state index < -0.39 is 42.5 Å². The molecule has 6 aromatic rings. The van der Waals surface area contributed by atoms with Crippen LogP contribution in [0, 0.1) is 20.8 Å². The molecule has 0 bridgehead atoms. The lowest BCUT2D eigenvalue weighted by Crippen LogP contribution is -2.56. The van der Waals surface area contributed by atoms with Crippen LogP contribution in [-0.2, 0) is 20.8 Å². The normalized spacial score (nSPS) is 18.8. The van der Waals surface area contributed by atoms with Crippen LogP contribution in [0.1, 0.15) is 122 Å². The topological polar surface area (TPSA) is 320 Å². The minimum absolute atomic E-state index is 0.00436. The Bertz CT molecular complexity index is 3720. The molecule has 526 valence electrons. The summed E-state index contributed by atoms with van der Waals surface area (Å²) < 4.78 is 143. The molecule has 3 amide bonds.